The molecule has 0 saturated carbocycles. The fourth-order valence-corrected chi connectivity index (χ4v) is 8.34. The van der Waals surface area contributed by atoms with Crippen molar-refractivity contribution in [3.05, 3.63) is 200 Å². The first-order valence-corrected chi connectivity index (χ1v) is 18.7. The van der Waals surface area contributed by atoms with Gasteiger partial charge < -0.3 is 4.57 Å². The van der Waals surface area contributed by atoms with E-state index >= 15 is 0 Å². The molecule has 11 rings (SSSR count). The summed E-state index contributed by atoms with van der Waals surface area (Å²) in [5.41, 5.74) is 14.4. The van der Waals surface area contributed by atoms with Crippen LogP contribution in [0.5, 0.6) is 0 Å². The smallest absolute Gasteiger partial charge is 0.0979 e. The van der Waals surface area contributed by atoms with E-state index in [0.717, 1.165) is 49.9 Å². The summed E-state index contributed by atoms with van der Waals surface area (Å²) in [6, 6.07) is 69.6. The second-order valence-corrected chi connectivity index (χ2v) is 14.2. The van der Waals surface area contributed by atoms with Gasteiger partial charge in [0.2, 0.25) is 0 Å². The lowest BCUT2D eigenvalue weighted by Crippen LogP contribution is -1.93. The Balaban J connectivity index is 1.04. The summed E-state index contributed by atoms with van der Waals surface area (Å²) in [6.45, 7) is 0. The van der Waals surface area contributed by atoms with E-state index in [1.54, 1.807) is 0 Å². The zero-order valence-corrected chi connectivity index (χ0v) is 29.9. The zero-order chi connectivity index (χ0) is 36.3. The summed E-state index contributed by atoms with van der Waals surface area (Å²) in [5.74, 6) is 0. The van der Waals surface area contributed by atoms with Gasteiger partial charge in [-0.3, -0.25) is 4.98 Å². The van der Waals surface area contributed by atoms with Crippen molar-refractivity contribution in [2.75, 3.05) is 0 Å². The summed E-state index contributed by atoms with van der Waals surface area (Å²) in [7, 11) is 0. The van der Waals surface area contributed by atoms with Crippen molar-refractivity contribution in [1.82, 2.24) is 14.5 Å². The van der Waals surface area contributed by atoms with Crippen molar-refractivity contribution in [1.29, 1.82) is 0 Å². The molecule has 0 atom stereocenters. The van der Waals surface area contributed by atoms with Crippen LogP contribution < -0.4 is 0 Å². The first-order chi connectivity index (χ1) is 27.3. The molecule has 0 aliphatic rings. The summed E-state index contributed by atoms with van der Waals surface area (Å²) in [4.78, 5) is 10.3. The van der Waals surface area contributed by atoms with Gasteiger partial charge in [-0.15, -0.1) is 0 Å². The molecule has 55 heavy (non-hydrogen) atoms. The van der Waals surface area contributed by atoms with Gasteiger partial charge in [-0.1, -0.05) is 152 Å². The molecule has 0 saturated heterocycles. The molecule has 0 amide bonds. The van der Waals surface area contributed by atoms with Gasteiger partial charge in [0, 0.05) is 32.8 Å². The molecule has 2 aromatic heterocycles. The number of nitrogens with zero attached hydrogens (tertiary/aromatic N) is 3. The minimum atomic E-state index is 0.861. The molecule has 0 N–H and O–H groups in total. The van der Waals surface area contributed by atoms with E-state index in [4.69, 9.17) is 9.97 Å². The summed E-state index contributed by atoms with van der Waals surface area (Å²) < 4.78 is 2.38. The van der Waals surface area contributed by atoms with Crippen molar-refractivity contribution < 1.29 is 0 Å². The Bertz CT molecular complexity index is 3200. The Morgan fingerprint density at radius 2 is 0.764 bits per heavy atom. The van der Waals surface area contributed by atoms with Gasteiger partial charge in [-0.05, 0) is 86.6 Å². The highest BCUT2D eigenvalue weighted by Crippen LogP contribution is 2.39. The number of benzene rings is 9. The van der Waals surface area contributed by atoms with Crippen LogP contribution in [0.2, 0.25) is 0 Å². The molecule has 0 aliphatic carbocycles. The highest BCUT2D eigenvalue weighted by molar-refractivity contribution is 6.23. The number of aromatic nitrogens is 3. The molecule has 0 bridgehead atoms. The maximum atomic E-state index is 5.28. The third-order valence-electron chi connectivity index (χ3n) is 11.0. The summed E-state index contributed by atoms with van der Waals surface area (Å²) in [5, 5.41) is 7.08. The van der Waals surface area contributed by atoms with Crippen molar-refractivity contribution >= 4 is 54.4 Å². The SMILES string of the molecule is c1ccc(-c2ccc(-c3ccc4c(c3)c3cc(-c5cccc(-c6cnc7c8ccccc8c8ccccc8c7n6)c5)ccc3n4-c3ccccc3)cc2)cc1. The van der Waals surface area contributed by atoms with Gasteiger partial charge in [0.25, 0.3) is 0 Å². The normalized spacial score (nSPS) is 11.6. The van der Waals surface area contributed by atoms with Crippen LogP contribution in [0.4, 0.5) is 0 Å². The van der Waals surface area contributed by atoms with Crippen LogP contribution in [-0.2, 0) is 0 Å². The Kier molecular flexibility index (Phi) is 7.17. The third kappa shape index (κ3) is 5.20. The monoisotopic (exact) mass is 699 g/mol. The van der Waals surface area contributed by atoms with Crippen molar-refractivity contribution in [3.63, 3.8) is 0 Å². The molecule has 9 aromatic carbocycles. The zero-order valence-electron chi connectivity index (χ0n) is 29.9. The van der Waals surface area contributed by atoms with Crippen LogP contribution in [0, 0.1) is 0 Å². The molecule has 11 aromatic rings. The van der Waals surface area contributed by atoms with Crippen LogP contribution in [0.25, 0.3) is 105 Å². The fourth-order valence-electron chi connectivity index (χ4n) is 8.34. The molecule has 0 fully saturated rings. The molecule has 0 spiro atoms. The van der Waals surface area contributed by atoms with E-state index in [2.05, 4.69) is 199 Å². The van der Waals surface area contributed by atoms with E-state index in [1.165, 1.54) is 54.8 Å². The van der Waals surface area contributed by atoms with Gasteiger partial charge in [0.05, 0.1) is 34.0 Å². The molecular weight excluding hydrogens is 667 g/mol. The molecule has 0 unspecified atom stereocenters. The Hall–Kier alpha value is -7.36. The first kappa shape index (κ1) is 31.2. The van der Waals surface area contributed by atoms with Crippen molar-refractivity contribution in [3.8, 4) is 50.3 Å². The van der Waals surface area contributed by atoms with E-state index in [9.17, 15) is 0 Å². The topological polar surface area (TPSA) is 30.7 Å². The Morgan fingerprint density at radius 1 is 0.309 bits per heavy atom. The van der Waals surface area contributed by atoms with E-state index < -0.39 is 0 Å². The average molecular weight is 700 g/mol. The molecule has 256 valence electrons. The lowest BCUT2D eigenvalue weighted by molar-refractivity contribution is 1.18. The molecule has 0 aliphatic heterocycles. The van der Waals surface area contributed by atoms with Gasteiger partial charge >= 0.3 is 0 Å². The maximum Gasteiger partial charge on any atom is 0.0979 e. The molecular formula is C52H33N3. The minimum Gasteiger partial charge on any atom is -0.309 e. The van der Waals surface area contributed by atoms with Crippen LogP contribution in [0.3, 0.4) is 0 Å². The minimum absolute atomic E-state index is 0.861. The molecule has 3 heteroatoms. The lowest BCUT2D eigenvalue weighted by Gasteiger charge is -2.11. The van der Waals surface area contributed by atoms with Crippen molar-refractivity contribution in [2.45, 2.75) is 0 Å². The maximum absolute atomic E-state index is 5.28. The predicted octanol–water partition coefficient (Wildman–Crippen LogP) is 13.7. The largest absolute Gasteiger partial charge is 0.309 e. The summed E-state index contributed by atoms with van der Waals surface area (Å²) >= 11 is 0. The molecule has 0 radical (unpaired) electrons. The number of rotatable bonds is 5. The van der Waals surface area contributed by atoms with Gasteiger partial charge in [-0.25, -0.2) is 4.98 Å². The van der Waals surface area contributed by atoms with Gasteiger partial charge in [-0.2, -0.15) is 0 Å². The van der Waals surface area contributed by atoms with Crippen LogP contribution in [0.15, 0.2) is 200 Å². The quantitative estimate of drug-likeness (QED) is 0.167. The first-order valence-electron chi connectivity index (χ1n) is 18.7. The van der Waals surface area contributed by atoms with Crippen LogP contribution >= 0.6 is 0 Å². The highest BCUT2D eigenvalue weighted by atomic mass is 15.0. The second-order valence-electron chi connectivity index (χ2n) is 14.2. The average Bonchev–Trinajstić information content (AvgIpc) is 3.60. The van der Waals surface area contributed by atoms with Crippen LogP contribution in [0.1, 0.15) is 0 Å². The van der Waals surface area contributed by atoms with Gasteiger partial charge in [0.1, 0.15) is 0 Å². The molecule has 3 nitrogen and oxygen atoms in total. The number of para-hydroxylation sites is 1. The number of fused-ring (bicyclic) bond motifs is 9. The number of hydrogen-bond donors (Lipinski definition) is 0. The summed E-state index contributed by atoms with van der Waals surface area (Å²) in [6.07, 6.45) is 1.92. The lowest BCUT2D eigenvalue weighted by atomic mass is 9.97. The van der Waals surface area contributed by atoms with E-state index in [1.807, 2.05) is 6.20 Å². The standard InChI is InChI=1S/C52H33N3/c1-3-12-34(13-4-1)35-22-24-36(25-23-35)38-26-28-49-46(31-38)47-32-39(27-29-50(47)55(49)41-16-5-2-6-17-41)37-14-11-15-40(30-37)48-33-53-51-44-20-9-7-18-42(44)43-19-8-10-21-45(43)52(51)54-48/h1-33H. The highest BCUT2D eigenvalue weighted by Gasteiger charge is 2.16. The Labute approximate surface area is 318 Å². The van der Waals surface area contributed by atoms with Gasteiger partial charge in [0.15, 0.2) is 0 Å². The van der Waals surface area contributed by atoms with E-state index in [0.29, 0.717) is 0 Å². The fraction of sp³-hybridized carbons (Fsp3) is 0. The van der Waals surface area contributed by atoms with E-state index in [-0.39, 0.29) is 0 Å². The van der Waals surface area contributed by atoms with Crippen molar-refractivity contribution in [2.24, 2.45) is 0 Å². The predicted molar refractivity (Wildman–Crippen MR) is 231 cm³/mol. The second kappa shape index (κ2) is 12.6. The third-order valence-corrected chi connectivity index (χ3v) is 11.0. The Morgan fingerprint density at radius 3 is 1.42 bits per heavy atom. The molecule has 2 heterocycles. The van der Waals surface area contributed by atoms with Crippen LogP contribution in [-0.4, -0.2) is 14.5 Å². The number of hydrogen-bond acceptors (Lipinski definition) is 2.